The highest BCUT2D eigenvalue weighted by Crippen LogP contribution is 2.34. The van der Waals surface area contributed by atoms with Crippen molar-refractivity contribution < 1.29 is 9.90 Å². The second-order valence-corrected chi connectivity index (χ2v) is 13.7. The quantitative estimate of drug-likeness (QED) is 0.223. The lowest BCUT2D eigenvalue weighted by Crippen LogP contribution is -2.45. The largest absolute Gasteiger partial charge is 0.480 e. The summed E-state index contributed by atoms with van der Waals surface area (Å²) in [6, 6.07) is 19.3. The third-order valence-electron chi connectivity index (χ3n) is 10.4. The van der Waals surface area contributed by atoms with Crippen LogP contribution in [0.3, 0.4) is 0 Å². The van der Waals surface area contributed by atoms with Crippen molar-refractivity contribution in [3.05, 3.63) is 71.3 Å². The van der Waals surface area contributed by atoms with Crippen molar-refractivity contribution in [3.8, 4) is 0 Å². The van der Waals surface area contributed by atoms with E-state index in [1.54, 1.807) is 11.1 Å². The summed E-state index contributed by atoms with van der Waals surface area (Å²) in [6.07, 6.45) is 19.4. The zero-order valence-electron chi connectivity index (χ0n) is 27.4. The first-order valence-corrected chi connectivity index (χ1v) is 17.9. The molecule has 3 aliphatic rings. The standard InChI is InChI=1S/C21H35N.C18H25NO2/c1-3-5-6-7-8-12-19(11-4-2)17-22-16-15-20-13-9-10-14-21(20)18-22;20-18(21)17(15-9-5-2-6-10-15)19-12-11-16(13-19)14-7-3-1-4-8-14/h9-10,13-14,19H,3-8,11-12,15-18H2,1-2H3;1,3-4,7-8,15-17H,2,5-6,9-13H2,(H,20,21). The van der Waals surface area contributed by atoms with Gasteiger partial charge in [-0.15, -0.1) is 0 Å². The van der Waals surface area contributed by atoms with Gasteiger partial charge in [0.05, 0.1) is 0 Å². The number of benzene rings is 2. The highest BCUT2D eigenvalue weighted by Gasteiger charge is 2.38. The first-order valence-electron chi connectivity index (χ1n) is 17.9. The molecule has 0 bridgehead atoms. The molecule has 1 aliphatic carbocycles. The van der Waals surface area contributed by atoms with Crippen LogP contribution in [0.4, 0.5) is 0 Å². The van der Waals surface area contributed by atoms with Gasteiger partial charge in [-0.3, -0.25) is 14.6 Å². The van der Waals surface area contributed by atoms with Gasteiger partial charge in [-0.2, -0.15) is 0 Å². The van der Waals surface area contributed by atoms with E-state index in [-0.39, 0.29) is 6.04 Å². The van der Waals surface area contributed by atoms with Crippen molar-refractivity contribution in [2.24, 2.45) is 11.8 Å². The SMILES string of the molecule is CCCCCCCC(CCC)CN1CCc2ccccc2C1.O=C(O)C(C1CCCCC1)N1CCC(c2ccccc2)C1. The highest BCUT2D eigenvalue weighted by atomic mass is 16.4. The first kappa shape index (κ1) is 33.7. The van der Waals surface area contributed by atoms with Crippen molar-refractivity contribution in [1.29, 1.82) is 0 Å². The number of carboxylic acid groups (broad SMARTS) is 1. The Morgan fingerprint density at radius 3 is 2.26 bits per heavy atom. The molecule has 0 radical (unpaired) electrons. The monoisotopic (exact) mass is 588 g/mol. The van der Waals surface area contributed by atoms with Crippen LogP contribution in [0.5, 0.6) is 0 Å². The predicted octanol–water partition coefficient (Wildman–Crippen LogP) is 9.33. The van der Waals surface area contributed by atoms with E-state index in [1.807, 2.05) is 6.07 Å². The average Bonchev–Trinajstić information content (AvgIpc) is 3.52. The van der Waals surface area contributed by atoms with Gasteiger partial charge in [0, 0.05) is 26.2 Å². The van der Waals surface area contributed by atoms with E-state index in [0.29, 0.717) is 11.8 Å². The number of likely N-dealkylation sites (tertiary alicyclic amines) is 1. The number of carboxylic acids is 1. The van der Waals surface area contributed by atoms with Gasteiger partial charge in [-0.25, -0.2) is 0 Å². The molecule has 238 valence electrons. The zero-order valence-corrected chi connectivity index (χ0v) is 27.4. The van der Waals surface area contributed by atoms with Crippen LogP contribution in [0.15, 0.2) is 54.6 Å². The number of hydrogen-bond acceptors (Lipinski definition) is 3. The molecule has 1 saturated heterocycles. The van der Waals surface area contributed by atoms with Gasteiger partial charge >= 0.3 is 5.97 Å². The number of aliphatic carboxylic acids is 1. The van der Waals surface area contributed by atoms with Crippen LogP contribution in [0.2, 0.25) is 0 Å². The predicted molar refractivity (Wildman–Crippen MR) is 181 cm³/mol. The molecule has 4 nitrogen and oxygen atoms in total. The maximum Gasteiger partial charge on any atom is 0.321 e. The van der Waals surface area contributed by atoms with E-state index in [4.69, 9.17) is 0 Å². The Morgan fingerprint density at radius 2 is 1.53 bits per heavy atom. The van der Waals surface area contributed by atoms with Gasteiger partial charge in [-0.05, 0) is 79.5 Å². The lowest BCUT2D eigenvalue weighted by molar-refractivity contribution is -0.145. The smallest absolute Gasteiger partial charge is 0.321 e. The van der Waals surface area contributed by atoms with Crippen molar-refractivity contribution in [3.63, 3.8) is 0 Å². The number of carbonyl (C=O) groups is 1. The number of fused-ring (bicyclic) bond motifs is 1. The number of nitrogens with zero attached hydrogens (tertiary/aromatic N) is 2. The second kappa shape index (κ2) is 18.6. The van der Waals surface area contributed by atoms with E-state index >= 15 is 0 Å². The third-order valence-corrected chi connectivity index (χ3v) is 10.4. The van der Waals surface area contributed by atoms with E-state index in [0.717, 1.165) is 38.3 Å². The van der Waals surface area contributed by atoms with Crippen LogP contribution >= 0.6 is 0 Å². The Balaban J connectivity index is 0.000000197. The van der Waals surface area contributed by atoms with Crippen LogP contribution in [-0.4, -0.2) is 53.1 Å². The van der Waals surface area contributed by atoms with Crippen molar-refractivity contribution in [2.45, 2.75) is 129 Å². The number of unbranched alkanes of at least 4 members (excludes halogenated alkanes) is 4. The van der Waals surface area contributed by atoms with Gasteiger partial charge in [0.1, 0.15) is 6.04 Å². The van der Waals surface area contributed by atoms with Gasteiger partial charge in [0.15, 0.2) is 0 Å². The normalized spacial score (nSPS) is 21.0. The molecule has 3 atom stereocenters. The van der Waals surface area contributed by atoms with E-state index in [9.17, 15) is 9.90 Å². The minimum Gasteiger partial charge on any atom is -0.480 e. The summed E-state index contributed by atoms with van der Waals surface area (Å²) in [5, 5.41) is 9.70. The molecular weight excluding hydrogens is 528 g/mol. The molecule has 4 heteroatoms. The Morgan fingerprint density at radius 1 is 0.814 bits per heavy atom. The Labute approximate surface area is 263 Å². The molecule has 0 amide bonds. The molecule has 2 fully saturated rings. The second-order valence-electron chi connectivity index (χ2n) is 13.7. The third kappa shape index (κ3) is 10.7. The lowest BCUT2D eigenvalue weighted by atomic mass is 9.83. The molecule has 2 aromatic carbocycles. The molecule has 43 heavy (non-hydrogen) atoms. The molecule has 3 unspecified atom stereocenters. The van der Waals surface area contributed by atoms with E-state index < -0.39 is 5.97 Å². The molecule has 1 N–H and O–H groups in total. The Bertz CT molecular complexity index is 1050. The van der Waals surface area contributed by atoms with Crippen LogP contribution in [0, 0.1) is 11.8 Å². The number of rotatable bonds is 14. The molecule has 5 rings (SSSR count). The lowest BCUT2D eigenvalue weighted by Gasteiger charge is -2.33. The summed E-state index contributed by atoms with van der Waals surface area (Å²) in [5.41, 5.74) is 4.49. The maximum atomic E-state index is 11.8. The summed E-state index contributed by atoms with van der Waals surface area (Å²) >= 11 is 0. The Hall–Kier alpha value is -2.17. The van der Waals surface area contributed by atoms with Crippen LogP contribution in [0.25, 0.3) is 0 Å². The van der Waals surface area contributed by atoms with Crippen molar-refractivity contribution in [2.75, 3.05) is 26.2 Å². The molecule has 2 aromatic rings. The van der Waals surface area contributed by atoms with Crippen molar-refractivity contribution >= 4 is 5.97 Å². The van der Waals surface area contributed by atoms with Gasteiger partial charge in [-0.1, -0.05) is 126 Å². The van der Waals surface area contributed by atoms with E-state index in [2.05, 4.69) is 72.2 Å². The summed E-state index contributed by atoms with van der Waals surface area (Å²) in [4.78, 5) is 16.7. The molecule has 2 heterocycles. The van der Waals surface area contributed by atoms with Crippen LogP contribution < -0.4 is 0 Å². The summed E-state index contributed by atoms with van der Waals surface area (Å²) < 4.78 is 0. The summed E-state index contributed by atoms with van der Waals surface area (Å²) in [7, 11) is 0. The fourth-order valence-electron chi connectivity index (χ4n) is 7.99. The zero-order chi connectivity index (χ0) is 30.3. The van der Waals surface area contributed by atoms with Gasteiger partial charge in [0.2, 0.25) is 0 Å². The molecule has 2 aliphatic heterocycles. The van der Waals surface area contributed by atoms with E-state index in [1.165, 1.54) is 102 Å². The summed E-state index contributed by atoms with van der Waals surface area (Å²) in [6.45, 7) is 10.2. The molecule has 0 spiro atoms. The molecule has 1 saturated carbocycles. The van der Waals surface area contributed by atoms with Gasteiger partial charge < -0.3 is 5.11 Å². The minimum atomic E-state index is -0.615. The minimum absolute atomic E-state index is 0.265. The fourth-order valence-corrected chi connectivity index (χ4v) is 7.99. The summed E-state index contributed by atoms with van der Waals surface area (Å²) in [5.74, 6) is 1.15. The first-order chi connectivity index (χ1) is 21.1. The van der Waals surface area contributed by atoms with Gasteiger partial charge in [0.25, 0.3) is 0 Å². The maximum absolute atomic E-state index is 11.8. The van der Waals surface area contributed by atoms with Crippen LogP contribution in [-0.2, 0) is 17.8 Å². The number of hydrogen-bond donors (Lipinski definition) is 1. The van der Waals surface area contributed by atoms with Crippen molar-refractivity contribution in [1.82, 2.24) is 9.80 Å². The topological polar surface area (TPSA) is 43.8 Å². The highest BCUT2D eigenvalue weighted by molar-refractivity contribution is 5.74. The molecular formula is C39H60N2O2. The van der Waals surface area contributed by atoms with Crippen LogP contribution in [0.1, 0.15) is 126 Å². The fraction of sp³-hybridized carbons (Fsp3) is 0.667. The molecule has 0 aromatic heterocycles. The average molecular weight is 589 g/mol. The Kier molecular flexibility index (Phi) is 14.6.